The maximum atomic E-state index is 13.7. The second kappa shape index (κ2) is 7.79. The summed E-state index contributed by atoms with van der Waals surface area (Å²) in [6.45, 7) is 11.2. The second-order valence-corrected chi connectivity index (χ2v) is 13.6. The molecule has 0 heterocycles. The predicted octanol–water partition coefficient (Wildman–Crippen LogP) is 4.79. The minimum atomic E-state index is -3.37. The number of rotatable bonds is 7. The smallest absolute Gasteiger partial charge is 0.305 e. The molecular formula is C19H27O3PSi. The van der Waals surface area contributed by atoms with Crippen LogP contribution in [-0.2, 0) is 13.6 Å². The molecule has 5 heteroatoms. The van der Waals surface area contributed by atoms with Crippen LogP contribution in [-0.4, -0.2) is 21.3 Å². The minimum absolute atomic E-state index is 0.353. The van der Waals surface area contributed by atoms with E-state index in [-0.39, 0.29) is 0 Å². The third-order valence-electron chi connectivity index (χ3n) is 3.80. The van der Waals surface area contributed by atoms with E-state index in [2.05, 4.69) is 25.7 Å². The third-order valence-corrected chi connectivity index (χ3v) is 8.27. The van der Waals surface area contributed by atoms with Crippen molar-refractivity contribution in [3.05, 3.63) is 48.5 Å². The van der Waals surface area contributed by atoms with Gasteiger partial charge in [0.15, 0.2) is 0 Å². The van der Waals surface area contributed by atoms with Crippen LogP contribution in [0.15, 0.2) is 48.5 Å². The Hall–Kier alpha value is -1.19. The number of hydrogen-bond acceptors (Lipinski definition) is 3. The first kappa shape index (κ1) is 19.1. The topological polar surface area (TPSA) is 35.5 Å². The Morgan fingerprint density at radius 1 is 0.875 bits per heavy atom. The predicted molar refractivity (Wildman–Crippen MR) is 105 cm³/mol. The molecule has 0 saturated heterocycles. The van der Waals surface area contributed by atoms with Crippen molar-refractivity contribution in [3.8, 4) is 11.1 Å². The molecule has 0 N–H and O–H groups in total. The first-order valence-corrected chi connectivity index (χ1v) is 13.5. The Kier molecular flexibility index (Phi) is 6.21. The van der Waals surface area contributed by atoms with Gasteiger partial charge in [0.25, 0.3) is 0 Å². The Balaban J connectivity index is 2.81. The zero-order valence-corrected chi connectivity index (χ0v) is 17.1. The normalized spacial score (nSPS) is 12.4. The molecule has 0 amide bonds. The molecule has 0 atom stereocenters. The number of hydrogen-bond donors (Lipinski definition) is 0. The average molecular weight is 362 g/mol. The summed E-state index contributed by atoms with van der Waals surface area (Å²) in [4.78, 5) is 0. The Labute approximate surface area is 146 Å². The van der Waals surface area contributed by atoms with E-state index < -0.39 is 15.7 Å². The lowest BCUT2D eigenvalue weighted by Gasteiger charge is -2.28. The molecule has 0 saturated carbocycles. The molecule has 0 aromatic heterocycles. The van der Waals surface area contributed by atoms with E-state index in [0.29, 0.717) is 13.2 Å². The van der Waals surface area contributed by atoms with Crippen LogP contribution in [0.3, 0.4) is 0 Å². The average Bonchev–Trinajstić information content (AvgIpc) is 2.54. The van der Waals surface area contributed by atoms with Crippen molar-refractivity contribution in [3.63, 3.8) is 0 Å². The lowest BCUT2D eigenvalue weighted by atomic mass is 10.1. The van der Waals surface area contributed by atoms with E-state index in [1.54, 1.807) is 0 Å². The van der Waals surface area contributed by atoms with Crippen LogP contribution >= 0.6 is 7.60 Å². The minimum Gasteiger partial charge on any atom is -0.305 e. The van der Waals surface area contributed by atoms with Crippen LogP contribution in [0.1, 0.15) is 13.8 Å². The summed E-state index contributed by atoms with van der Waals surface area (Å²) >= 11 is 0. The summed E-state index contributed by atoms with van der Waals surface area (Å²) in [5.41, 5.74) is 1.98. The van der Waals surface area contributed by atoms with Gasteiger partial charge < -0.3 is 9.05 Å². The third kappa shape index (κ3) is 4.07. The fourth-order valence-corrected chi connectivity index (χ4v) is 7.54. The van der Waals surface area contributed by atoms with Crippen molar-refractivity contribution in [1.82, 2.24) is 0 Å². The van der Waals surface area contributed by atoms with Gasteiger partial charge in [0.1, 0.15) is 0 Å². The molecule has 3 nitrogen and oxygen atoms in total. The van der Waals surface area contributed by atoms with E-state index in [1.807, 2.05) is 56.3 Å². The van der Waals surface area contributed by atoms with Crippen molar-refractivity contribution < 1.29 is 13.6 Å². The summed E-state index contributed by atoms with van der Waals surface area (Å²) in [5, 5.41) is 1.88. The highest BCUT2D eigenvalue weighted by molar-refractivity contribution is 7.63. The van der Waals surface area contributed by atoms with Gasteiger partial charge in [0, 0.05) is 0 Å². The Morgan fingerprint density at radius 2 is 1.46 bits per heavy atom. The highest BCUT2D eigenvalue weighted by Gasteiger charge is 2.36. The van der Waals surface area contributed by atoms with Crippen molar-refractivity contribution >= 4 is 26.2 Å². The fourth-order valence-electron chi connectivity index (χ4n) is 2.80. The van der Waals surface area contributed by atoms with Gasteiger partial charge in [-0.1, -0.05) is 68.2 Å². The molecule has 24 heavy (non-hydrogen) atoms. The second-order valence-electron chi connectivity index (χ2n) is 6.65. The molecule has 130 valence electrons. The highest BCUT2D eigenvalue weighted by Crippen LogP contribution is 2.49. The molecule has 2 aromatic carbocycles. The van der Waals surface area contributed by atoms with Gasteiger partial charge in [-0.05, 0) is 30.2 Å². The molecule has 0 aliphatic carbocycles. The zero-order valence-electron chi connectivity index (χ0n) is 15.2. The van der Waals surface area contributed by atoms with Crippen LogP contribution in [0.5, 0.6) is 0 Å². The lowest BCUT2D eigenvalue weighted by Crippen LogP contribution is -2.47. The standard InChI is InChI=1S/C19H27O3PSi/c1-6-21-23(20,22-7-2)19-17(16-12-9-8-10-13-16)14-11-15-18(19)24(3,4)5/h8-15H,6-7H2,1-5H3. The van der Waals surface area contributed by atoms with E-state index in [9.17, 15) is 4.57 Å². The highest BCUT2D eigenvalue weighted by atomic mass is 31.2. The van der Waals surface area contributed by atoms with Gasteiger partial charge in [0.05, 0.1) is 26.6 Å². The van der Waals surface area contributed by atoms with Crippen molar-refractivity contribution in [1.29, 1.82) is 0 Å². The van der Waals surface area contributed by atoms with Crippen LogP contribution in [0.25, 0.3) is 11.1 Å². The molecule has 0 bridgehead atoms. The van der Waals surface area contributed by atoms with Crippen molar-refractivity contribution in [2.75, 3.05) is 13.2 Å². The van der Waals surface area contributed by atoms with Gasteiger partial charge in [-0.2, -0.15) is 0 Å². The summed E-state index contributed by atoms with van der Waals surface area (Å²) in [6.07, 6.45) is 0. The molecule has 0 unspecified atom stereocenters. The van der Waals surface area contributed by atoms with Crippen molar-refractivity contribution in [2.45, 2.75) is 33.5 Å². The maximum absolute atomic E-state index is 13.7. The van der Waals surface area contributed by atoms with Crippen LogP contribution in [0, 0.1) is 0 Å². The SMILES string of the molecule is CCOP(=O)(OCC)c1c(-c2ccccc2)cccc1[Si](C)(C)C. The van der Waals surface area contributed by atoms with E-state index in [1.165, 1.54) is 0 Å². The van der Waals surface area contributed by atoms with E-state index in [0.717, 1.165) is 21.6 Å². The lowest BCUT2D eigenvalue weighted by molar-refractivity contribution is 0.230. The Morgan fingerprint density at radius 3 is 1.96 bits per heavy atom. The van der Waals surface area contributed by atoms with Gasteiger partial charge in [-0.3, -0.25) is 4.57 Å². The number of benzene rings is 2. The largest absolute Gasteiger partial charge is 0.361 e. The molecule has 0 radical (unpaired) electrons. The molecule has 2 aromatic rings. The summed E-state index contributed by atoms with van der Waals surface area (Å²) in [6, 6.07) is 16.2. The van der Waals surface area contributed by atoms with E-state index in [4.69, 9.17) is 9.05 Å². The monoisotopic (exact) mass is 362 g/mol. The van der Waals surface area contributed by atoms with Crippen LogP contribution in [0.2, 0.25) is 19.6 Å². The maximum Gasteiger partial charge on any atom is 0.361 e. The summed E-state index contributed by atoms with van der Waals surface area (Å²) in [7, 11) is -5.12. The van der Waals surface area contributed by atoms with Crippen molar-refractivity contribution in [2.24, 2.45) is 0 Å². The van der Waals surface area contributed by atoms with Gasteiger partial charge >= 0.3 is 7.60 Å². The molecule has 0 fully saturated rings. The van der Waals surface area contributed by atoms with Gasteiger partial charge in [-0.15, -0.1) is 0 Å². The van der Waals surface area contributed by atoms with Gasteiger partial charge in [0.2, 0.25) is 0 Å². The zero-order chi connectivity index (χ0) is 17.8. The summed E-state index contributed by atoms with van der Waals surface area (Å²) < 4.78 is 25.1. The molecule has 0 aliphatic heterocycles. The first-order chi connectivity index (χ1) is 11.3. The van der Waals surface area contributed by atoms with Crippen LogP contribution < -0.4 is 10.5 Å². The van der Waals surface area contributed by atoms with Gasteiger partial charge in [-0.25, -0.2) is 0 Å². The fraction of sp³-hybridized carbons (Fsp3) is 0.368. The molecular weight excluding hydrogens is 335 g/mol. The summed E-state index contributed by atoms with van der Waals surface area (Å²) in [5.74, 6) is 0. The molecule has 0 aliphatic rings. The van der Waals surface area contributed by atoms with Crippen LogP contribution in [0.4, 0.5) is 0 Å². The van der Waals surface area contributed by atoms with E-state index >= 15 is 0 Å². The quantitative estimate of drug-likeness (QED) is 0.525. The molecule has 0 spiro atoms. The first-order valence-electron chi connectivity index (χ1n) is 8.42. The molecule has 2 rings (SSSR count). The Bertz CT molecular complexity index is 713.